The Morgan fingerprint density at radius 1 is 0.935 bits per heavy atom. The Morgan fingerprint density at radius 2 is 1.55 bits per heavy atom. The van der Waals surface area contributed by atoms with E-state index in [4.69, 9.17) is 0 Å². The highest BCUT2D eigenvalue weighted by Gasteiger charge is 2.26. The minimum Gasteiger partial charge on any atom is -0.339 e. The fraction of sp³-hybridized carbons (Fsp3) is 0.375. The van der Waals surface area contributed by atoms with E-state index in [1.165, 1.54) is 12.1 Å². The number of hydrogen-bond acceptors (Lipinski definition) is 3. The summed E-state index contributed by atoms with van der Waals surface area (Å²) in [6.07, 6.45) is 0.212. The lowest BCUT2D eigenvalue weighted by Gasteiger charge is -2.35. The minimum atomic E-state index is -0.531. The number of rotatable bonds is 4. The predicted octanol–water partition coefficient (Wildman–Crippen LogP) is 3.34. The molecule has 6 nitrogen and oxygen atoms in total. The minimum absolute atomic E-state index is 0.0365. The van der Waals surface area contributed by atoms with Crippen LogP contribution in [0.4, 0.5) is 10.1 Å². The van der Waals surface area contributed by atoms with Crippen molar-refractivity contribution in [2.45, 2.75) is 27.2 Å². The smallest absolute Gasteiger partial charge is 0.254 e. The van der Waals surface area contributed by atoms with E-state index in [0.717, 1.165) is 5.56 Å². The van der Waals surface area contributed by atoms with E-state index in [0.29, 0.717) is 37.4 Å². The number of piperazine rings is 1. The first-order valence-corrected chi connectivity index (χ1v) is 10.4. The maximum absolute atomic E-state index is 13.0. The van der Waals surface area contributed by atoms with Crippen molar-refractivity contribution in [1.82, 2.24) is 9.80 Å². The zero-order valence-corrected chi connectivity index (χ0v) is 18.2. The quantitative estimate of drug-likeness (QED) is 0.817. The lowest BCUT2D eigenvalue weighted by Crippen LogP contribution is -2.51. The molecular weight excluding hydrogens is 397 g/mol. The highest BCUT2D eigenvalue weighted by molar-refractivity contribution is 5.98. The van der Waals surface area contributed by atoms with Gasteiger partial charge in [0.25, 0.3) is 5.91 Å². The molecule has 0 aliphatic carbocycles. The number of amides is 3. The fourth-order valence-corrected chi connectivity index (χ4v) is 3.28. The third-order valence-electron chi connectivity index (χ3n) is 5.24. The van der Waals surface area contributed by atoms with Crippen molar-refractivity contribution in [3.63, 3.8) is 0 Å². The zero-order valence-electron chi connectivity index (χ0n) is 18.2. The van der Waals surface area contributed by atoms with Crippen molar-refractivity contribution < 1.29 is 18.8 Å². The Morgan fingerprint density at radius 3 is 2.16 bits per heavy atom. The summed E-state index contributed by atoms with van der Waals surface area (Å²) in [5.41, 5.74) is 1.31. The van der Waals surface area contributed by atoms with Crippen LogP contribution in [0.2, 0.25) is 0 Å². The second-order valence-electron chi connectivity index (χ2n) is 8.76. The van der Waals surface area contributed by atoms with Gasteiger partial charge in [0, 0.05) is 42.8 Å². The summed E-state index contributed by atoms with van der Waals surface area (Å²) in [5.74, 6) is -0.612. The van der Waals surface area contributed by atoms with Crippen LogP contribution in [0, 0.1) is 11.2 Å². The maximum atomic E-state index is 13.0. The number of nitrogens with one attached hydrogen (secondary N) is 1. The van der Waals surface area contributed by atoms with Crippen LogP contribution in [-0.2, 0) is 16.0 Å². The molecule has 0 spiro atoms. The van der Waals surface area contributed by atoms with Gasteiger partial charge in [-0.3, -0.25) is 14.4 Å². The average molecular weight is 426 g/mol. The Labute approximate surface area is 182 Å². The maximum Gasteiger partial charge on any atom is 0.254 e. The van der Waals surface area contributed by atoms with Gasteiger partial charge in [-0.15, -0.1) is 0 Å². The number of carbonyl (C=O) groups is 3. The van der Waals surface area contributed by atoms with E-state index in [-0.39, 0.29) is 30.0 Å². The molecule has 31 heavy (non-hydrogen) atoms. The molecule has 2 aromatic carbocycles. The van der Waals surface area contributed by atoms with Crippen molar-refractivity contribution >= 4 is 23.4 Å². The van der Waals surface area contributed by atoms with Crippen molar-refractivity contribution in [3.05, 3.63) is 65.5 Å². The van der Waals surface area contributed by atoms with Crippen LogP contribution in [0.15, 0.2) is 48.5 Å². The molecule has 1 aliphatic rings. The Hall–Kier alpha value is -3.22. The summed E-state index contributed by atoms with van der Waals surface area (Å²) >= 11 is 0. The van der Waals surface area contributed by atoms with Gasteiger partial charge in [-0.05, 0) is 35.9 Å². The van der Waals surface area contributed by atoms with Crippen LogP contribution < -0.4 is 5.32 Å². The first-order valence-electron chi connectivity index (χ1n) is 10.4. The molecule has 0 atom stereocenters. The number of halogens is 1. The topological polar surface area (TPSA) is 69.7 Å². The fourth-order valence-electron chi connectivity index (χ4n) is 3.28. The summed E-state index contributed by atoms with van der Waals surface area (Å²) in [5, 5.41) is 2.84. The Balaban J connectivity index is 1.56. The molecule has 1 saturated heterocycles. The Kier molecular flexibility index (Phi) is 6.73. The van der Waals surface area contributed by atoms with Gasteiger partial charge in [0.1, 0.15) is 5.82 Å². The molecule has 0 saturated carbocycles. The lowest BCUT2D eigenvalue weighted by molar-refractivity contribution is -0.132. The van der Waals surface area contributed by atoms with Gasteiger partial charge < -0.3 is 15.1 Å². The molecule has 1 heterocycles. The number of hydrogen-bond donors (Lipinski definition) is 1. The molecule has 3 amide bonds. The molecule has 0 aromatic heterocycles. The largest absolute Gasteiger partial charge is 0.339 e. The Bertz CT molecular complexity index is 959. The molecule has 3 rings (SSSR count). The van der Waals surface area contributed by atoms with E-state index in [2.05, 4.69) is 5.32 Å². The van der Waals surface area contributed by atoms with Gasteiger partial charge in [-0.1, -0.05) is 39.0 Å². The summed E-state index contributed by atoms with van der Waals surface area (Å²) in [7, 11) is 0. The normalized spacial score (nSPS) is 14.3. The second-order valence-corrected chi connectivity index (χ2v) is 8.76. The van der Waals surface area contributed by atoms with Gasteiger partial charge in [-0.2, -0.15) is 0 Å². The van der Waals surface area contributed by atoms with Crippen LogP contribution in [0.25, 0.3) is 0 Å². The lowest BCUT2D eigenvalue weighted by atomic mass is 9.95. The third kappa shape index (κ3) is 5.90. The second kappa shape index (κ2) is 9.29. The van der Waals surface area contributed by atoms with Gasteiger partial charge in [0.15, 0.2) is 0 Å². The van der Waals surface area contributed by atoms with Crippen molar-refractivity contribution in [1.29, 1.82) is 0 Å². The molecule has 0 bridgehead atoms. The SMILES string of the molecule is CC(C)(C)C(=O)Nc1cccc(C(=O)N2CCN(C(=O)Cc3ccc(F)cc3)CC2)c1. The monoisotopic (exact) mass is 425 g/mol. The van der Waals surface area contributed by atoms with Gasteiger partial charge >= 0.3 is 0 Å². The van der Waals surface area contributed by atoms with E-state index in [1.807, 2.05) is 20.8 Å². The first kappa shape index (κ1) is 22.5. The van der Waals surface area contributed by atoms with E-state index in [1.54, 1.807) is 46.2 Å². The third-order valence-corrected chi connectivity index (χ3v) is 5.24. The van der Waals surface area contributed by atoms with Crippen molar-refractivity contribution in [2.75, 3.05) is 31.5 Å². The standard InChI is InChI=1S/C24H28FN3O3/c1-24(2,3)23(31)26-20-6-4-5-18(16-20)22(30)28-13-11-27(12-14-28)21(29)15-17-7-9-19(25)10-8-17/h4-10,16H,11-15H2,1-3H3,(H,26,31). The van der Waals surface area contributed by atoms with Crippen LogP contribution in [-0.4, -0.2) is 53.7 Å². The van der Waals surface area contributed by atoms with Crippen LogP contribution in [0.3, 0.4) is 0 Å². The highest BCUT2D eigenvalue weighted by Crippen LogP contribution is 2.19. The highest BCUT2D eigenvalue weighted by atomic mass is 19.1. The molecule has 1 N–H and O–H groups in total. The van der Waals surface area contributed by atoms with E-state index < -0.39 is 5.41 Å². The van der Waals surface area contributed by atoms with Crippen LogP contribution >= 0.6 is 0 Å². The first-order chi connectivity index (χ1) is 14.6. The van der Waals surface area contributed by atoms with E-state index >= 15 is 0 Å². The van der Waals surface area contributed by atoms with E-state index in [9.17, 15) is 18.8 Å². The molecule has 2 aromatic rings. The predicted molar refractivity (Wildman–Crippen MR) is 117 cm³/mol. The summed E-state index contributed by atoms with van der Waals surface area (Å²) < 4.78 is 13.0. The zero-order chi connectivity index (χ0) is 22.6. The number of carbonyl (C=O) groups excluding carboxylic acids is 3. The van der Waals surface area contributed by atoms with Gasteiger partial charge in [-0.25, -0.2) is 4.39 Å². The molecule has 0 unspecified atom stereocenters. The van der Waals surface area contributed by atoms with Gasteiger partial charge in [0.05, 0.1) is 6.42 Å². The molecule has 1 aliphatic heterocycles. The molecule has 0 radical (unpaired) electrons. The molecule has 1 fully saturated rings. The van der Waals surface area contributed by atoms with Crippen LogP contribution in [0.1, 0.15) is 36.7 Å². The van der Waals surface area contributed by atoms with Crippen molar-refractivity contribution in [3.8, 4) is 0 Å². The summed E-state index contributed by atoms with van der Waals surface area (Å²) in [6, 6.07) is 12.8. The molecule has 164 valence electrons. The average Bonchev–Trinajstić information content (AvgIpc) is 2.74. The molecular formula is C24H28FN3O3. The summed E-state index contributed by atoms with van der Waals surface area (Å²) in [4.78, 5) is 41.1. The van der Waals surface area contributed by atoms with Crippen molar-refractivity contribution in [2.24, 2.45) is 5.41 Å². The number of nitrogens with zero attached hydrogens (tertiary/aromatic N) is 2. The summed E-state index contributed by atoms with van der Waals surface area (Å²) in [6.45, 7) is 7.26. The number of anilines is 1. The van der Waals surface area contributed by atoms with Crippen LogP contribution in [0.5, 0.6) is 0 Å². The number of benzene rings is 2. The van der Waals surface area contributed by atoms with Gasteiger partial charge in [0.2, 0.25) is 11.8 Å². The molecule has 7 heteroatoms.